The van der Waals surface area contributed by atoms with E-state index in [0.717, 1.165) is 5.70 Å². The maximum absolute atomic E-state index is 15.1. The summed E-state index contributed by atoms with van der Waals surface area (Å²) in [5, 5.41) is 16.7. The number of hydrogen-bond acceptors (Lipinski definition) is 9. The predicted molar refractivity (Wildman–Crippen MR) is 128 cm³/mol. The first-order chi connectivity index (χ1) is 17.5. The number of cyclic esters (lactones) is 1. The minimum atomic E-state index is -0.529. The molecule has 0 bridgehead atoms. The molecule has 1 amide bonds. The molecule has 1 saturated heterocycles. The van der Waals surface area contributed by atoms with Gasteiger partial charge in [0.2, 0.25) is 0 Å². The van der Waals surface area contributed by atoms with Crippen molar-refractivity contribution in [2.24, 2.45) is 0 Å². The maximum atomic E-state index is 15.1. The average molecular weight is 496 g/mol. The number of hydrogen-bond donors (Lipinski definition) is 2. The first-order valence-electron chi connectivity index (χ1n) is 11.5. The summed E-state index contributed by atoms with van der Waals surface area (Å²) in [4.78, 5) is 25.7. The van der Waals surface area contributed by atoms with Crippen molar-refractivity contribution >= 4 is 17.5 Å². The summed E-state index contributed by atoms with van der Waals surface area (Å²) in [7, 11) is 1.91. The van der Waals surface area contributed by atoms with Gasteiger partial charge in [0.05, 0.1) is 43.0 Å². The predicted octanol–water partition coefficient (Wildman–Crippen LogP) is 1.67. The number of ether oxygens (including phenoxy) is 1. The molecule has 0 radical (unpaired) electrons. The van der Waals surface area contributed by atoms with Gasteiger partial charge in [0.15, 0.2) is 0 Å². The number of pyridine rings is 1. The average Bonchev–Trinajstić information content (AvgIpc) is 3.62. The van der Waals surface area contributed by atoms with E-state index in [4.69, 9.17) is 14.7 Å². The van der Waals surface area contributed by atoms with E-state index < -0.39 is 18.0 Å². The van der Waals surface area contributed by atoms with E-state index in [-0.39, 0.29) is 19.3 Å². The number of likely N-dealkylation sites (N-methyl/N-ethyl adjacent to an activating group) is 1. The fourth-order valence-corrected chi connectivity index (χ4v) is 4.17. The Morgan fingerprint density at radius 1 is 1.31 bits per heavy atom. The summed E-state index contributed by atoms with van der Waals surface area (Å²) in [6.07, 6.45) is 5.66. The number of halogens is 1. The van der Waals surface area contributed by atoms with Gasteiger partial charge in [-0.2, -0.15) is 0 Å². The fourth-order valence-electron chi connectivity index (χ4n) is 4.17. The number of nitrogens with zero attached hydrogens (tertiary/aromatic N) is 6. The number of aliphatic hydroxyl groups is 1. The Balaban J connectivity index is 1.25. The minimum Gasteiger partial charge on any atom is -0.442 e. The van der Waals surface area contributed by atoms with Crippen molar-refractivity contribution in [3.8, 4) is 11.1 Å². The lowest BCUT2D eigenvalue weighted by Gasteiger charge is -2.17. The van der Waals surface area contributed by atoms with Gasteiger partial charge in [0.1, 0.15) is 18.0 Å². The number of amides is 1. The largest absolute Gasteiger partial charge is 0.442 e. The molecule has 4 heterocycles. The van der Waals surface area contributed by atoms with Gasteiger partial charge in [0, 0.05) is 36.6 Å². The summed E-state index contributed by atoms with van der Waals surface area (Å²) in [5.74, 6) is -0.469. The molecule has 5 rings (SSSR count). The Kier molecular flexibility index (Phi) is 6.89. The molecule has 2 atom stereocenters. The van der Waals surface area contributed by atoms with Gasteiger partial charge in [-0.3, -0.25) is 20.2 Å². The third kappa shape index (κ3) is 5.20. The second-order valence-corrected chi connectivity index (χ2v) is 8.66. The molecule has 0 spiro atoms. The Hall–Kier alpha value is -3.87. The van der Waals surface area contributed by atoms with Crippen LogP contribution < -0.4 is 10.4 Å². The van der Waals surface area contributed by atoms with Gasteiger partial charge in [-0.1, -0.05) is 11.3 Å². The second kappa shape index (κ2) is 10.4. The summed E-state index contributed by atoms with van der Waals surface area (Å²) in [6, 6.07) is 8.21. The van der Waals surface area contributed by atoms with Crippen LogP contribution in [0.1, 0.15) is 5.69 Å². The van der Waals surface area contributed by atoms with Crippen molar-refractivity contribution in [1.82, 2.24) is 30.4 Å². The summed E-state index contributed by atoms with van der Waals surface area (Å²) < 4.78 is 22.0. The van der Waals surface area contributed by atoms with Crippen LogP contribution >= 0.6 is 0 Å². The highest BCUT2D eigenvalue weighted by molar-refractivity contribution is 5.90. The van der Waals surface area contributed by atoms with Crippen LogP contribution in [0, 0.1) is 5.82 Å². The Labute approximate surface area is 206 Å². The monoisotopic (exact) mass is 495 g/mol. The molecule has 0 unspecified atom stereocenters. The van der Waals surface area contributed by atoms with Crippen molar-refractivity contribution in [2.45, 2.75) is 18.8 Å². The van der Waals surface area contributed by atoms with Crippen LogP contribution in [0.5, 0.6) is 0 Å². The van der Waals surface area contributed by atoms with Crippen molar-refractivity contribution in [3.05, 3.63) is 66.5 Å². The molecule has 2 N–H and O–H groups in total. The van der Waals surface area contributed by atoms with Crippen molar-refractivity contribution < 1.29 is 23.9 Å². The van der Waals surface area contributed by atoms with Crippen molar-refractivity contribution in [1.29, 1.82) is 0 Å². The zero-order valence-electron chi connectivity index (χ0n) is 19.6. The molecule has 36 heavy (non-hydrogen) atoms. The second-order valence-electron chi connectivity index (χ2n) is 8.66. The number of aromatic nitrogens is 4. The highest BCUT2D eigenvalue weighted by atomic mass is 19.1. The van der Waals surface area contributed by atoms with Crippen LogP contribution in [0.2, 0.25) is 0 Å². The molecule has 1 fully saturated rings. The van der Waals surface area contributed by atoms with E-state index in [2.05, 4.69) is 20.8 Å². The standard InChI is InChI=1S/C24H26FN7O4/c1-30(8-9-33)13-18-11-23(28-36-18)22-5-2-16(12-26-22)20-4-3-17(10-21(20)25)32-15-19(35-24(32)34)14-31-7-6-27-29-31/h2-7,10-12,18-19,28,33H,8-9,13-15H2,1H3/t18-,19-/m0/s1. The number of carbonyl (C=O) groups excluding carboxylic acids is 1. The molecule has 0 aliphatic carbocycles. The van der Waals surface area contributed by atoms with Crippen LogP contribution in [-0.2, 0) is 16.1 Å². The number of anilines is 1. The van der Waals surface area contributed by atoms with Gasteiger partial charge < -0.3 is 14.7 Å². The third-order valence-electron chi connectivity index (χ3n) is 6.00. The number of rotatable bonds is 9. The topological polar surface area (TPSA) is 118 Å². The molecule has 2 aromatic heterocycles. The summed E-state index contributed by atoms with van der Waals surface area (Å²) >= 11 is 0. The normalized spacial score (nSPS) is 19.5. The van der Waals surface area contributed by atoms with E-state index in [1.54, 1.807) is 47.5 Å². The fraction of sp³-hybridized carbons (Fsp3) is 0.333. The lowest BCUT2D eigenvalue weighted by Crippen LogP contribution is -2.31. The van der Waals surface area contributed by atoms with Gasteiger partial charge >= 0.3 is 6.09 Å². The van der Waals surface area contributed by atoms with E-state index in [1.165, 1.54) is 11.0 Å². The molecule has 11 nitrogen and oxygen atoms in total. The van der Waals surface area contributed by atoms with Crippen LogP contribution in [0.15, 0.2) is 55.0 Å². The highest BCUT2D eigenvalue weighted by Crippen LogP contribution is 2.30. The van der Waals surface area contributed by atoms with Crippen molar-refractivity contribution in [3.63, 3.8) is 0 Å². The Morgan fingerprint density at radius 2 is 2.19 bits per heavy atom. The van der Waals surface area contributed by atoms with E-state index >= 15 is 4.39 Å². The van der Waals surface area contributed by atoms with E-state index in [1.807, 2.05) is 18.0 Å². The van der Waals surface area contributed by atoms with Gasteiger partial charge in [-0.05, 0) is 37.4 Å². The zero-order chi connectivity index (χ0) is 25.1. The SMILES string of the molecule is CN(CCO)C[C@@H]1C=C(c2ccc(-c3ccc(N4C[C@H](Cn5ccnn5)OC4=O)cc3F)cn2)NO1. The highest BCUT2D eigenvalue weighted by Gasteiger charge is 2.33. The number of hydroxylamine groups is 1. The molecular weight excluding hydrogens is 469 g/mol. The van der Waals surface area contributed by atoms with E-state index in [9.17, 15) is 4.79 Å². The maximum Gasteiger partial charge on any atom is 0.414 e. The number of nitrogens with one attached hydrogen (secondary N) is 1. The van der Waals surface area contributed by atoms with Crippen LogP contribution in [-0.4, -0.2) is 81.6 Å². The van der Waals surface area contributed by atoms with Crippen molar-refractivity contribution in [2.75, 3.05) is 38.2 Å². The first-order valence-corrected chi connectivity index (χ1v) is 11.5. The number of carbonyl (C=O) groups is 1. The molecule has 3 aromatic rings. The molecular formula is C24H26FN7O4. The van der Waals surface area contributed by atoms with Gasteiger partial charge in [0.25, 0.3) is 0 Å². The lowest BCUT2D eigenvalue weighted by molar-refractivity contribution is 0.0305. The minimum absolute atomic E-state index is 0.0837. The summed E-state index contributed by atoms with van der Waals surface area (Å²) in [6.45, 7) is 1.92. The molecule has 12 heteroatoms. The Bertz CT molecular complexity index is 1240. The lowest BCUT2D eigenvalue weighted by atomic mass is 10.1. The molecule has 2 aliphatic rings. The molecule has 1 aromatic carbocycles. The van der Waals surface area contributed by atoms with E-state index in [0.29, 0.717) is 42.1 Å². The molecule has 2 aliphatic heterocycles. The van der Waals surface area contributed by atoms with Crippen LogP contribution in [0.3, 0.4) is 0 Å². The molecule has 0 saturated carbocycles. The number of aliphatic hydroxyl groups excluding tert-OH is 1. The first kappa shape index (κ1) is 23.9. The van der Waals surface area contributed by atoms with Gasteiger partial charge in [-0.25, -0.2) is 13.9 Å². The summed E-state index contributed by atoms with van der Waals surface area (Å²) in [5.41, 5.74) is 5.67. The van der Waals surface area contributed by atoms with Crippen LogP contribution in [0.25, 0.3) is 16.8 Å². The molecule has 188 valence electrons. The Morgan fingerprint density at radius 3 is 2.92 bits per heavy atom. The van der Waals surface area contributed by atoms with Gasteiger partial charge in [-0.15, -0.1) is 5.10 Å². The smallest absolute Gasteiger partial charge is 0.414 e. The zero-order valence-corrected chi connectivity index (χ0v) is 19.6. The third-order valence-corrected chi connectivity index (χ3v) is 6.00. The quantitative estimate of drug-likeness (QED) is 0.457. The van der Waals surface area contributed by atoms with Crippen LogP contribution in [0.4, 0.5) is 14.9 Å². The number of benzene rings is 1.